The molecule has 8 nitrogen and oxygen atoms in total. The first kappa shape index (κ1) is 24.4. The van der Waals surface area contributed by atoms with E-state index < -0.39 is 17.7 Å². The van der Waals surface area contributed by atoms with Gasteiger partial charge in [-0.1, -0.05) is 24.8 Å². The fraction of sp³-hybridized carbons (Fsp3) is 0.276. The standard InChI is InChI=1S/C29H29N3O5/c1-3-15-36-23-8-5-20(6-9-23)26-25(27(33)21-7-10-24-22(17-21)16-19(2)37-24)28(34)29(35)32(26)13-4-12-31-14-11-30-18-31/h3,5-11,14,17-19,26,33H,1,4,12-13,15-16H2,2H3/b27-25+. The summed E-state index contributed by atoms with van der Waals surface area (Å²) in [6.45, 7) is 7.00. The molecule has 2 aliphatic heterocycles. The molecule has 2 unspecified atom stereocenters. The quantitative estimate of drug-likeness (QED) is 0.204. The van der Waals surface area contributed by atoms with Crippen LogP contribution in [0.2, 0.25) is 0 Å². The summed E-state index contributed by atoms with van der Waals surface area (Å²) < 4.78 is 13.3. The van der Waals surface area contributed by atoms with E-state index in [-0.39, 0.29) is 17.4 Å². The van der Waals surface area contributed by atoms with E-state index in [4.69, 9.17) is 9.47 Å². The molecule has 0 saturated carbocycles. The van der Waals surface area contributed by atoms with E-state index in [0.29, 0.717) is 49.4 Å². The largest absolute Gasteiger partial charge is 0.507 e. The van der Waals surface area contributed by atoms with Crippen molar-refractivity contribution >= 4 is 17.4 Å². The third-order valence-corrected chi connectivity index (χ3v) is 6.65. The Bertz CT molecular complexity index is 1340. The second kappa shape index (κ2) is 10.3. The summed E-state index contributed by atoms with van der Waals surface area (Å²) in [6, 6.07) is 11.9. The number of aryl methyl sites for hydroxylation is 1. The van der Waals surface area contributed by atoms with Gasteiger partial charge >= 0.3 is 0 Å². The smallest absolute Gasteiger partial charge is 0.295 e. The second-order valence-electron chi connectivity index (χ2n) is 9.27. The van der Waals surface area contributed by atoms with E-state index in [1.807, 2.05) is 35.9 Å². The first-order chi connectivity index (χ1) is 18.0. The van der Waals surface area contributed by atoms with Crippen LogP contribution < -0.4 is 9.47 Å². The van der Waals surface area contributed by atoms with Crippen LogP contribution in [0, 0.1) is 0 Å². The maximum Gasteiger partial charge on any atom is 0.295 e. The first-order valence-electron chi connectivity index (χ1n) is 12.3. The van der Waals surface area contributed by atoms with Gasteiger partial charge in [0.05, 0.1) is 17.9 Å². The number of Topliss-reactive ketones (excluding diaryl/α,β-unsaturated/α-hetero) is 1. The zero-order valence-electron chi connectivity index (χ0n) is 20.7. The van der Waals surface area contributed by atoms with E-state index in [0.717, 1.165) is 11.3 Å². The maximum atomic E-state index is 13.3. The highest BCUT2D eigenvalue weighted by molar-refractivity contribution is 6.46. The Hall–Kier alpha value is -4.33. The molecule has 2 atom stereocenters. The number of hydrogen-bond donors (Lipinski definition) is 1. The molecule has 5 rings (SSSR count). The molecule has 2 aromatic carbocycles. The number of nitrogens with zero attached hydrogens (tertiary/aromatic N) is 3. The van der Waals surface area contributed by atoms with Crippen molar-refractivity contribution in [2.24, 2.45) is 0 Å². The number of aromatic nitrogens is 2. The molecule has 3 aromatic rings. The zero-order chi connectivity index (χ0) is 25.9. The summed E-state index contributed by atoms with van der Waals surface area (Å²) in [4.78, 5) is 32.1. The number of aliphatic hydroxyl groups excluding tert-OH is 1. The molecule has 0 radical (unpaired) electrons. The highest BCUT2D eigenvalue weighted by atomic mass is 16.5. The predicted molar refractivity (Wildman–Crippen MR) is 138 cm³/mol. The Labute approximate surface area is 215 Å². The number of ether oxygens (including phenoxy) is 2. The zero-order valence-corrected chi connectivity index (χ0v) is 20.7. The Morgan fingerprint density at radius 2 is 2.03 bits per heavy atom. The number of carbonyl (C=O) groups is 2. The van der Waals surface area contributed by atoms with E-state index >= 15 is 0 Å². The van der Waals surface area contributed by atoms with Gasteiger partial charge in [0.25, 0.3) is 11.7 Å². The molecular weight excluding hydrogens is 470 g/mol. The lowest BCUT2D eigenvalue weighted by molar-refractivity contribution is -0.139. The van der Waals surface area contributed by atoms with Gasteiger partial charge in [0.1, 0.15) is 30.0 Å². The van der Waals surface area contributed by atoms with Gasteiger partial charge in [-0.05, 0) is 54.8 Å². The van der Waals surface area contributed by atoms with Gasteiger partial charge < -0.3 is 24.0 Å². The molecular formula is C29H29N3O5. The normalized spacial score (nSPS) is 20.1. The molecule has 1 N–H and O–H groups in total. The average Bonchev–Trinajstić information content (AvgIpc) is 3.61. The Balaban J connectivity index is 1.51. The van der Waals surface area contributed by atoms with Crippen LogP contribution in [-0.4, -0.2) is 50.5 Å². The van der Waals surface area contributed by atoms with Crippen molar-refractivity contribution in [2.45, 2.75) is 38.5 Å². The summed E-state index contributed by atoms with van der Waals surface area (Å²) >= 11 is 0. The number of ketones is 1. The van der Waals surface area contributed by atoms with Crippen LogP contribution in [0.5, 0.6) is 11.5 Å². The Morgan fingerprint density at radius 3 is 2.76 bits per heavy atom. The van der Waals surface area contributed by atoms with Gasteiger partial charge in [-0.3, -0.25) is 9.59 Å². The Morgan fingerprint density at radius 1 is 1.22 bits per heavy atom. The van der Waals surface area contributed by atoms with Gasteiger partial charge in [0.2, 0.25) is 0 Å². The third-order valence-electron chi connectivity index (χ3n) is 6.65. The van der Waals surface area contributed by atoms with Crippen molar-refractivity contribution in [3.05, 3.63) is 96.1 Å². The molecule has 190 valence electrons. The van der Waals surface area contributed by atoms with Crippen molar-refractivity contribution < 1.29 is 24.2 Å². The maximum absolute atomic E-state index is 13.3. The van der Waals surface area contributed by atoms with Crippen molar-refractivity contribution in [2.75, 3.05) is 13.2 Å². The van der Waals surface area contributed by atoms with Gasteiger partial charge in [-0.2, -0.15) is 0 Å². The van der Waals surface area contributed by atoms with E-state index in [1.165, 1.54) is 0 Å². The lowest BCUT2D eigenvalue weighted by atomic mass is 9.94. The minimum Gasteiger partial charge on any atom is -0.507 e. The number of carbonyl (C=O) groups excluding carboxylic acids is 2. The Kier molecular flexibility index (Phi) is 6.81. The van der Waals surface area contributed by atoms with Crippen LogP contribution in [0.25, 0.3) is 5.76 Å². The summed E-state index contributed by atoms with van der Waals surface area (Å²) in [7, 11) is 0. The highest BCUT2D eigenvalue weighted by Crippen LogP contribution is 2.41. The minimum atomic E-state index is -0.723. The van der Waals surface area contributed by atoms with Crippen LogP contribution in [0.3, 0.4) is 0 Å². The van der Waals surface area contributed by atoms with Crippen LogP contribution >= 0.6 is 0 Å². The minimum absolute atomic E-state index is 0.0512. The summed E-state index contributed by atoms with van der Waals surface area (Å²) in [6.07, 6.45) is 8.31. The van der Waals surface area contributed by atoms with Crippen LogP contribution in [-0.2, 0) is 22.6 Å². The number of hydrogen-bond acceptors (Lipinski definition) is 6. The number of fused-ring (bicyclic) bond motifs is 1. The number of benzene rings is 2. The lowest BCUT2D eigenvalue weighted by Crippen LogP contribution is -2.31. The fourth-order valence-electron chi connectivity index (χ4n) is 4.93. The monoisotopic (exact) mass is 499 g/mol. The molecule has 8 heteroatoms. The van der Waals surface area contributed by atoms with E-state index in [9.17, 15) is 14.7 Å². The second-order valence-corrected chi connectivity index (χ2v) is 9.27. The van der Waals surface area contributed by atoms with Crippen molar-refractivity contribution in [1.29, 1.82) is 0 Å². The molecule has 0 aliphatic carbocycles. The molecule has 1 fully saturated rings. The molecule has 1 amide bonds. The number of aliphatic hydroxyl groups is 1. The molecule has 37 heavy (non-hydrogen) atoms. The molecule has 3 heterocycles. The molecule has 0 spiro atoms. The topological polar surface area (TPSA) is 93.9 Å². The van der Waals surface area contributed by atoms with E-state index in [2.05, 4.69) is 11.6 Å². The lowest BCUT2D eigenvalue weighted by Gasteiger charge is -2.25. The molecule has 1 saturated heterocycles. The number of likely N-dealkylation sites (tertiary alicyclic amines) is 1. The van der Waals surface area contributed by atoms with Gasteiger partial charge in [-0.25, -0.2) is 4.98 Å². The van der Waals surface area contributed by atoms with Crippen molar-refractivity contribution in [3.63, 3.8) is 0 Å². The van der Waals surface area contributed by atoms with E-state index in [1.54, 1.807) is 47.8 Å². The summed E-state index contributed by atoms with van der Waals surface area (Å²) in [5.41, 5.74) is 2.25. The number of rotatable bonds is 9. The summed E-state index contributed by atoms with van der Waals surface area (Å²) in [5, 5.41) is 11.4. The van der Waals surface area contributed by atoms with Gasteiger partial charge in [0.15, 0.2) is 0 Å². The molecule has 1 aromatic heterocycles. The van der Waals surface area contributed by atoms with Crippen molar-refractivity contribution in [1.82, 2.24) is 14.5 Å². The highest BCUT2D eigenvalue weighted by Gasteiger charge is 2.45. The number of imidazole rings is 1. The summed E-state index contributed by atoms with van der Waals surface area (Å²) in [5.74, 6) is -0.0802. The van der Waals surface area contributed by atoms with Gasteiger partial charge in [-0.15, -0.1) is 0 Å². The SMILES string of the molecule is C=CCOc1ccc(C2/C(=C(\O)c3ccc4c(c3)CC(C)O4)C(=O)C(=O)N2CCCn2ccnc2)cc1. The first-order valence-corrected chi connectivity index (χ1v) is 12.3. The molecule has 0 bridgehead atoms. The van der Waals surface area contributed by atoms with Crippen LogP contribution in [0.1, 0.15) is 36.1 Å². The average molecular weight is 500 g/mol. The predicted octanol–water partition coefficient (Wildman–Crippen LogP) is 4.28. The number of amides is 1. The van der Waals surface area contributed by atoms with Crippen LogP contribution in [0.4, 0.5) is 0 Å². The van der Waals surface area contributed by atoms with Crippen molar-refractivity contribution in [3.8, 4) is 11.5 Å². The fourth-order valence-corrected chi connectivity index (χ4v) is 4.93. The van der Waals surface area contributed by atoms with Gasteiger partial charge in [0, 0.05) is 37.5 Å². The van der Waals surface area contributed by atoms with Crippen LogP contribution in [0.15, 0.2) is 79.4 Å². The third kappa shape index (κ3) is 4.87. The molecule has 2 aliphatic rings.